The van der Waals surface area contributed by atoms with Crippen molar-refractivity contribution in [2.45, 2.75) is 0 Å². The SMILES string of the molecule is c1ccc(-c2ccc(-n3c4ccccc4c4cc(-n5c6ccccc6c6cc(-c7ccccc7)cc([Si](c7ccccc7)(c7ccccc7)c7ccccc7)c65)ccc43)cc2)cc1. The van der Waals surface area contributed by atoms with E-state index in [1.54, 1.807) is 0 Å². The summed E-state index contributed by atoms with van der Waals surface area (Å²) in [5, 5.41) is 10.4. The second-order valence-electron chi connectivity index (χ2n) is 16.5. The molecule has 0 aliphatic heterocycles. The summed E-state index contributed by atoms with van der Waals surface area (Å²) in [5.41, 5.74) is 12.0. The summed E-state index contributed by atoms with van der Waals surface area (Å²) in [6.07, 6.45) is 0. The number of aromatic nitrogens is 2. The molecule has 12 rings (SSSR count). The Kier molecular flexibility index (Phi) is 8.87. The molecular weight excluding hydrogens is 777 g/mol. The number of para-hydroxylation sites is 2. The van der Waals surface area contributed by atoms with Crippen LogP contribution in [0.2, 0.25) is 0 Å². The van der Waals surface area contributed by atoms with Crippen molar-refractivity contribution < 1.29 is 0 Å². The maximum Gasteiger partial charge on any atom is 0.181 e. The summed E-state index contributed by atoms with van der Waals surface area (Å²) in [6.45, 7) is 0. The first-order chi connectivity index (χ1) is 31.3. The van der Waals surface area contributed by atoms with Crippen LogP contribution >= 0.6 is 0 Å². The van der Waals surface area contributed by atoms with Gasteiger partial charge in [0.05, 0.1) is 22.1 Å². The molecule has 0 N–H and O–H groups in total. The molecule has 0 unspecified atom stereocenters. The molecule has 2 nitrogen and oxygen atoms in total. The fourth-order valence-corrected chi connectivity index (χ4v) is 15.3. The van der Waals surface area contributed by atoms with Crippen molar-refractivity contribution in [2.24, 2.45) is 0 Å². The predicted octanol–water partition coefficient (Wildman–Crippen LogP) is 12.6. The van der Waals surface area contributed by atoms with Crippen molar-refractivity contribution >= 4 is 72.4 Å². The largest absolute Gasteiger partial charge is 0.309 e. The molecule has 3 heteroatoms. The van der Waals surface area contributed by atoms with Gasteiger partial charge in [-0.1, -0.05) is 206 Å². The van der Waals surface area contributed by atoms with Gasteiger partial charge in [0.25, 0.3) is 0 Å². The van der Waals surface area contributed by atoms with E-state index >= 15 is 0 Å². The van der Waals surface area contributed by atoms with Gasteiger partial charge in [0.15, 0.2) is 8.07 Å². The molecule has 0 spiro atoms. The molecule has 10 aromatic carbocycles. The number of fused-ring (bicyclic) bond motifs is 6. The van der Waals surface area contributed by atoms with Gasteiger partial charge in [0.1, 0.15) is 0 Å². The second kappa shape index (κ2) is 15.2. The van der Waals surface area contributed by atoms with Crippen LogP contribution in [-0.2, 0) is 0 Å². The Labute approximate surface area is 368 Å². The van der Waals surface area contributed by atoms with Crippen LogP contribution in [0.5, 0.6) is 0 Å². The van der Waals surface area contributed by atoms with Gasteiger partial charge in [-0.3, -0.25) is 0 Å². The lowest BCUT2D eigenvalue weighted by atomic mass is 10.0. The van der Waals surface area contributed by atoms with Crippen molar-refractivity contribution in [3.63, 3.8) is 0 Å². The molecule has 0 amide bonds. The van der Waals surface area contributed by atoms with Crippen LogP contribution in [0.15, 0.2) is 255 Å². The normalized spacial score (nSPS) is 11.8. The van der Waals surface area contributed by atoms with Crippen LogP contribution in [0.25, 0.3) is 77.2 Å². The zero-order chi connectivity index (χ0) is 41.7. The highest BCUT2D eigenvalue weighted by Gasteiger charge is 2.44. The molecule has 0 saturated carbocycles. The Bertz CT molecular complexity index is 3480. The Morgan fingerprint density at radius 3 is 1.22 bits per heavy atom. The van der Waals surface area contributed by atoms with Crippen LogP contribution in [0.3, 0.4) is 0 Å². The van der Waals surface area contributed by atoms with Gasteiger partial charge in [-0.05, 0) is 91.5 Å². The topological polar surface area (TPSA) is 9.86 Å². The molecule has 0 radical (unpaired) electrons. The molecular formula is C60H42N2Si. The smallest absolute Gasteiger partial charge is 0.181 e. The maximum atomic E-state index is 2.57. The zero-order valence-corrected chi connectivity index (χ0v) is 35.6. The van der Waals surface area contributed by atoms with E-state index in [0.717, 1.165) is 11.4 Å². The number of rotatable bonds is 8. The Hall–Kier alpha value is -7.98. The van der Waals surface area contributed by atoms with Crippen molar-refractivity contribution in [3.05, 3.63) is 255 Å². The molecule has 296 valence electrons. The molecule has 2 aromatic heterocycles. The van der Waals surface area contributed by atoms with E-state index in [1.165, 1.54) is 86.6 Å². The van der Waals surface area contributed by atoms with Gasteiger partial charge < -0.3 is 9.13 Å². The van der Waals surface area contributed by atoms with Gasteiger partial charge in [-0.2, -0.15) is 0 Å². The summed E-state index contributed by atoms with van der Waals surface area (Å²) < 4.78 is 5.00. The summed E-state index contributed by atoms with van der Waals surface area (Å²) in [6, 6.07) is 94.4. The van der Waals surface area contributed by atoms with E-state index in [2.05, 4.69) is 264 Å². The number of benzene rings is 10. The number of hydrogen-bond acceptors (Lipinski definition) is 0. The minimum Gasteiger partial charge on any atom is -0.309 e. The first-order valence-corrected chi connectivity index (χ1v) is 23.8. The molecule has 0 bridgehead atoms. The van der Waals surface area contributed by atoms with E-state index < -0.39 is 8.07 Å². The van der Waals surface area contributed by atoms with Crippen molar-refractivity contribution in [1.29, 1.82) is 0 Å². The molecule has 0 saturated heterocycles. The fraction of sp³-hybridized carbons (Fsp3) is 0. The summed E-state index contributed by atoms with van der Waals surface area (Å²) in [5.74, 6) is 0. The van der Waals surface area contributed by atoms with Crippen molar-refractivity contribution in [1.82, 2.24) is 9.13 Å². The van der Waals surface area contributed by atoms with Gasteiger partial charge in [0, 0.05) is 32.9 Å². The lowest BCUT2D eigenvalue weighted by molar-refractivity contribution is 1.17. The first-order valence-electron chi connectivity index (χ1n) is 21.8. The quantitative estimate of drug-likeness (QED) is 0.107. The third-order valence-corrected chi connectivity index (χ3v) is 17.8. The third kappa shape index (κ3) is 5.93. The van der Waals surface area contributed by atoms with Gasteiger partial charge >= 0.3 is 0 Å². The summed E-state index contributed by atoms with van der Waals surface area (Å²) in [7, 11) is -3.05. The van der Waals surface area contributed by atoms with Crippen LogP contribution < -0.4 is 20.7 Å². The van der Waals surface area contributed by atoms with Gasteiger partial charge in [0.2, 0.25) is 0 Å². The Balaban J connectivity index is 1.19. The summed E-state index contributed by atoms with van der Waals surface area (Å²) >= 11 is 0. The minimum absolute atomic E-state index is 1.14. The van der Waals surface area contributed by atoms with Crippen LogP contribution in [0.4, 0.5) is 0 Å². The minimum atomic E-state index is -3.05. The lowest BCUT2D eigenvalue weighted by Gasteiger charge is -2.35. The molecule has 2 heterocycles. The highest BCUT2D eigenvalue weighted by molar-refractivity contribution is 7.20. The molecule has 0 aliphatic carbocycles. The molecule has 12 aromatic rings. The summed E-state index contributed by atoms with van der Waals surface area (Å²) in [4.78, 5) is 0. The van der Waals surface area contributed by atoms with Crippen molar-refractivity contribution in [2.75, 3.05) is 0 Å². The predicted molar refractivity (Wildman–Crippen MR) is 270 cm³/mol. The maximum absolute atomic E-state index is 3.05. The van der Waals surface area contributed by atoms with Crippen LogP contribution in [0, 0.1) is 0 Å². The monoisotopic (exact) mass is 818 g/mol. The number of nitrogens with zero attached hydrogens (tertiary/aromatic N) is 2. The Morgan fingerprint density at radius 1 is 0.254 bits per heavy atom. The average molecular weight is 819 g/mol. The third-order valence-electron chi connectivity index (χ3n) is 13.0. The van der Waals surface area contributed by atoms with E-state index in [4.69, 9.17) is 0 Å². The fourth-order valence-electron chi connectivity index (χ4n) is 10.3. The van der Waals surface area contributed by atoms with E-state index in [9.17, 15) is 0 Å². The lowest BCUT2D eigenvalue weighted by Crippen LogP contribution is -2.75. The van der Waals surface area contributed by atoms with E-state index in [0.29, 0.717) is 0 Å². The average Bonchev–Trinajstić information content (AvgIpc) is 3.88. The standard InChI is InChI=1S/C60H42N2Si/c1-6-20-43(21-7-1)45-34-36-47(37-35-45)61-56-32-18-16-30-52(56)54-42-48(38-39-58(54)61)62-57-33-19-17-31-53(57)55-40-46(44-22-8-2-9-23-44)41-59(60(55)62)63(49-24-10-3-11-25-49,50-26-12-4-13-27-50)51-28-14-5-15-29-51/h1-42H. The zero-order valence-electron chi connectivity index (χ0n) is 34.6. The van der Waals surface area contributed by atoms with Gasteiger partial charge in [-0.15, -0.1) is 0 Å². The van der Waals surface area contributed by atoms with Gasteiger partial charge in [-0.25, -0.2) is 0 Å². The van der Waals surface area contributed by atoms with Crippen LogP contribution in [0.1, 0.15) is 0 Å². The molecule has 0 fully saturated rings. The van der Waals surface area contributed by atoms with E-state index in [-0.39, 0.29) is 0 Å². The van der Waals surface area contributed by atoms with Crippen LogP contribution in [-0.4, -0.2) is 17.2 Å². The highest BCUT2D eigenvalue weighted by atomic mass is 28.3. The molecule has 63 heavy (non-hydrogen) atoms. The Morgan fingerprint density at radius 2 is 0.667 bits per heavy atom. The highest BCUT2D eigenvalue weighted by Crippen LogP contribution is 2.39. The second-order valence-corrected chi connectivity index (χ2v) is 20.2. The number of hydrogen-bond donors (Lipinski definition) is 0. The first kappa shape index (κ1) is 36.8. The van der Waals surface area contributed by atoms with Crippen molar-refractivity contribution in [3.8, 4) is 33.6 Å². The molecule has 0 aliphatic rings. The molecule has 0 atom stereocenters. The van der Waals surface area contributed by atoms with E-state index in [1.807, 2.05) is 0 Å².